The van der Waals surface area contributed by atoms with Gasteiger partial charge in [-0.2, -0.15) is 10.4 Å². The topological polar surface area (TPSA) is 172 Å². The zero-order valence-corrected chi connectivity index (χ0v) is 22.5. The average molecular weight is 531 g/mol. The van der Waals surface area contributed by atoms with Gasteiger partial charge in [0, 0.05) is 0 Å². The van der Waals surface area contributed by atoms with Crippen molar-refractivity contribution in [3.63, 3.8) is 0 Å². The van der Waals surface area contributed by atoms with E-state index in [0.717, 1.165) is 0 Å². The molecule has 0 radical (unpaired) electrons. The Balaban J connectivity index is 1.58. The number of anilines is 1. The number of ether oxygens (including phenoxy) is 5. The SMILES string of the molecule is CC(C)[C@H](NC(=O)OC(C)(C)C)C(=O)OC[C@@]1(C#N)O[C@@H](c2ccc3c(N)ncnn23)[C@@H]2OC(C)(C)O[C@@H]21. The number of carbonyl (C=O) groups excluding carboxylic acids is 2. The molecule has 0 bridgehead atoms. The lowest BCUT2D eigenvalue weighted by Gasteiger charge is -2.30. The van der Waals surface area contributed by atoms with Crippen molar-refractivity contribution in [3.8, 4) is 6.07 Å². The molecule has 5 atom stereocenters. The quantitative estimate of drug-likeness (QED) is 0.525. The van der Waals surface area contributed by atoms with E-state index in [1.165, 1.54) is 6.33 Å². The molecule has 13 nitrogen and oxygen atoms in total. The number of hydrogen-bond acceptors (Lipinski definition) is 11. The van der Waals surface area contributed by atoms with Gasteiger partial charge in [0.1, 0.15) is 54.5 Å². The fourth-order valence-electron chi connectivity index (χ4n) is 4.59. The predicted octanol–water partition coefficient (Wildman–Crippen LogP) is 2.26. The third-order valence-corrected chi connectivity index (χ3v) is 6.24. The summed E-state index contributed by atoms with van der Waals surface area (Å²) in [4.78, 5) is 29.4. The summed E-state index contributed by atoms with van der Waals surface area (Å²) in [5.74, 6) is -1.80. The summed E-state index contributed by atoms with van der Waals surface area (Å²) in [6.45, 7) is 11.7. The summed E-state index contributed by atoms with van der Waals surface area (Å²) in [5, 5.41) is 17.1. The molecule has 13 heteroatoms. The normalized spacial score (nSPS) is 27.1. The van der Waals surface area contributed by atoms with Crippen molar-refractivity contribution in [3.05, 3.63) is 24.2 Å². The highest BCUT2D eigenvalue weighted by molar-refractivity contribution is 5.81. The monoisotopic (exact) mass is 530 g/mol. The zero-order chi connectivity index (χ0) is 28.0. The summed E-state index contributed by atoms with van der Waals surface area (Å²) < 4.78 is 30.9. The lowest BCUT2D eigenvalue weighted by molar-refractivity contribution is -0.208. The predicted molar refractivity (Wildman–Crippen MR) is 132 cm³/mol. The summed E-state index contributed by atoms with van der Waals surface area (Å²) >= 11 is 0. The molecular weight excluding hydrogens is 496 g/mol. The van der Waals surface area contributed by atoms with Gasteiger partial charge in [-0.3, -0.25) is 0 Å². The van der Waals surface area contributed by atoms with Gasteiger partial charge in [-0.25, -0.2) is 19.1 Å². The van der Waals surface area contributed by atoms with Crippen LogP contribution in [0.25, 0.3) is 5.52 Å². The maximum atomic E-state index is 13.1. The van der Waals surface area contributed by atoms with Crippen LogP contribution in [0, 0.1) is 17.2 Å². The van der Waals surface area contributed by atoms with Crippen LogP contribution in [-0.4, -0.2) is 68.5 Å². The van der Waals surface area contributed by atoms with E-state index in [-0.39, 0.29) is 11.7 Å². The summed E-state index contributed by atoms with van der Waals surface area (Å²) in [7, 11) is 0. The Labute approximate surface area is 220 Å². The molecule has 0 saturated carbocycles. The highest BCUT2D eigenvalue weighted by Gasteiger charge is 2.65. The van der Waals surface area contributed by atoms with Gasteiger partial charge in [0.05, 0.1) is 5.69 Å². The molecule has 2 fully saturated rings. The van der Waals surface area contributed by atoms with Crippen LogP contribution in [0.4, 0.5) is 10.6 Å². The third-order valence-electron chi connectivity index (χ3n) is 6.24. The zero-order valence-electron chi connectivity index (χ0n) is 22.5. The van der Waals surface area contributed by atoms with Gasteiger partial charge in [0.15, 0.2) is 11.6 Å². The molecule has 4 rings (SSSR count). The molecule has 4 heterocycles. The number of hydrogen-bond donors (Lipinski definition) is 2. The van der Waals surface area contributed by atoms with Gasteiger partial charge in [-0.05, 0) is 52.7 Å². The van der Waals surface area contributed by atoms with Crippen molar-refractivity contribution >= 4 is 23.4 Å². The number of amides is 1. The lowest BCUT2D eigenvalue weighted by Crippen LogP contribution is -2.50. The van der Waals surface area contributed by atoms with E-state index in [1.54, 1.807) is 65.1 Å². The van der Waals surface area contributed by atoms with E-state index < -0.39 is 60.0 Å². The van der Waals surface area contributed by atoms with E-state index in [0.29, 0.717) is 11.2 Å². The van der Waals surface area contributed by atoms with Gasteiger partial charge in [0.2, 0.25) is 5.60 Å². The minimum atomic E-state index is -1.70. The molecule has 0 unspecified atom stereocenters. The van der Waals surface area contributed by atoms with Crippen LogP contribution in [-0.2, 0) is 28.5 Å². The number of esters is 1. The number of carbonyl (C=O) groups is 2. The number of fused-ring (bicyclic) bond motifs is 2. The van der Waals surface area contributed by atoms with Gasteiger partial charge in [0.25, 0.3) is 0 Å². The second kappa shape index (κ2) is 9.68. The van der Waals surface area contributed by atoms with E-state index >= 15 is 0 Å². The van der Waals surface area contributed by atoms with E-state index in [1.807, 2.05) is 0 Å². The van der Waals surface area contributed by atoms with Crippen molar-refractivity contribution in [1.29, 1.82) is 5.26 Å². The fourth-order valence-corrected chi connectivity index (χ4v) is 4.59. The number of nitrogens with one attached hydrogen (secondary N) is 1. The molecule has 2 aliphatic heterocycles. The Morgan fingerprint density at radius 2 is 1.97 bits per heavy atom. The molecule has 2 saturated heterocycles. The van der Waals surface area contributed by atoms with Crippen LogP contribution in [0.1, 0.15) is 60.3 Å². The maximum absolute atomic E-state index is 13.1. The first-order valence-electron chi connectivity index (χ1n) is 12.4. The smallest absolute Gasteiger partial charge is 0.408 e. The number of alkyl carbamates (subject to hydrolysis) is 1. The largest absolute Gasteiger partial charge is 0.460 e. The minimum Gasteiger partial charge on any atom is -0.460 e. The first-order valence-corrected chi connectivity index (χ1v) is 12.4. The van der Waals surface area contributed by atoms with Crippen molar-refractivity contribution in [1.82, 2.24) is 19.9 Å². The molecule has 2 aliphatic rings. The first-order chi connectivity index (χ1) is 17.7. The van der Waals surface area contributed by atoms with Crippen molar-refractivity contribution in [2.75, 3.05) is 12.3 Å². The number of aromatic nitrogens is 3. The highest BCUT2D eigenvalue weighted by atomic mass is 16.8. The summed E-state index contributed by atoms with van der Waals surface area (Å²) in [6.07, 6.45) is -1.83. The molecule has 0 aliphatic carbocycles. The third kappa shape index (κ3) is 5.24. The van der Waals surface area contributed by atoms with Crippen LogP contribution >= 0.6 is 0 Å². The van der Waals surface area contributed by atoms with Crippen LogP contribution in [0.2, 0.25) is 0 Å². The summed E-state index contributed by atoms with van der Waals surface area (Å²) in [5.41, 5.74) is 4.67. The molecule has 2 aromatic rings. The van der Waals surface area contributed by atoms with Crippen molar-refractivity contribution in [2.45, 2.75) is 89.8 Å². The van der Waals surface area contributed by atoms with Gasteiger partial charge >= 0.3 is 12.1 Å². The van der Waals surface area contributed by atoms with Crippen molar-refractivity contribution in [2.24, 2.45) is 5.92 Å². The number of rotatable bonds is 6. The highest BCUT2D eigenvalue weighted by Crippen LogP contribution is 2.50. The minimum absolute atomic E-state index is 0.280. The van der Waals surface area contributed by atoms with Gasteiger partial charge < -0.3 is 34.7 Å². The fraction of sp³-hybridized carbons (Fsp3) is 0.640. The van der Waals surface area contributed by atoms with Crippen LogP contribution < -0.4 is 11.1 Å². The second-order valence-corrected chi connectivity index (χ2v) is 11.2. The van der Waals surface area contributed by atoms with Crippen LogP contribution in [0.15, 0.2) is 18.5 Å². The Morgan fingerprint density at radius 3 is 2.61 bits per heavy atom. The Morgan fingerprint density at radius 1 is 1.26 bits per heavy atom. The molecule has 0 spiro atoms. The first kappa shape index (κ1) is 27.6. The Kier molecular flexibility index (Phi) is 7.02. The van der Waals surface area contributed by atoms with Crippen LogP contribution in [0.3, 0.4) is 0 Å². The molecule has 38 heavy (non-hydrogen) atoms. The standard InChI is InChI=1S/C25H34N6O7/c1-13(2)16(30-22(33)38-23(3,4)5)21(32)34-11-25(10-26)19-18(35-24(6,7)37-19)17(36-25)14-8-9-15-20(27)28-12-29-31(14)15/h8-9,12-13,16-19H,11H2,1-7H3,(H,30,33)(H2,27,28,29)/t16-,17-,18-,19-,25+/m0/s1. The number of nitrogen functional groups attached to an aromatic ring is 1. The van der Waals surface area contributed by atoms with E-state index in [9.17, 15) is 14.9 Å². The van der Waals surface area contributed by atoms with E-state index in [2.05, 4.69) is 21.5 Å². The number of nitrogens with two attached hydrogens (primary N) is 1. The molecule has 0 aromatic carbocycles. The second-order valence-electron chi connectivity index (χ2n) is 11.2. The van der Waals surface area contributed by atoms with E-state index in [4.69, 9.17) is 29.4 Å². The molecule has 1 amide bonds. The molecule has 3 N–H and O–H groups in total. The Hall–Kier alpha value is -3.47. The molecular formula is C25H34N6O7. The summed E-state index contributed by atoms with van der Waals surface area (Å²) in [6, 6.07) is 4.64. The van der Waals surface area contributed by atoms with Gasteiger partial charge in [-0.15, -0.1) is 0 Å². The van der Waals surface area contributed by atoms with Crippen LogP contribution in [0.5, 0.6) is 0 Å². The maximum Gasteiger partial charge on any atom is 0.408 e. The molecule has 2 aromatic heterocycles. The number of nitriles is 1. The average Bonchev–Trinajstić information content (AvgIpc) is 3.45. The lowest BCUT2D eigenvalue weighted by atomic mass is 9.96. The molecule has 206 valence electrons. The van der Waals surface area contributed by atoms with Crippen molar-refractivity contribution < 1.29 is 33.3 Å². The van der Waals surface area contributed by atoms with Gasteiger partial charge in [-0.1, -0.05) is 13.8 Å². The number of nitrogens with zero attached hydrogens (tertiary/aromatic N) is 4. The Bertz CT molecular complexity index is 1260.